The van der Waals surface area contributed by atoms with Crippen molar-refractivity contribution in [1.29, 1.82) is 0 Å². The minimum Gasteiger partial charge on any atom is -0.391 e. The molecular weight excluding hydrogens is 312 g/mol. The van der Waals surface area contributed by atoms with Crippen LogP contribution in [0.3, 0.4) is 0 Å². The molecule has 6 heteroatoms. The normalized spacial score (nSPS) is 15.1. The Balaban J connectivity index is 2.84. The molecule has 1 N–H and O–H groups in total. The number of aliphatic hydroxyl groups is 1. The van der Waals surface area contributed by atoms with Gasteiger partial charge in [0.1, 0.15) is 0 Å². The van der Waals surface area contributed by atoms with Gasteiger partial charge in [-0.15, -0.1) is 11.3 Å². The fourth-order valence-electron chi connectivity index (χ4n) is 1.14. The van der Waals surface area contributed by atoms with Crippen LogP contribution in [0.25, 0.3) is 0 Å². The predicted octanol–water partition coefficient (Wildman–Crippen LogP) is 2.24. The van der Waals surface area contributed by atoms with Crippen molar-refractivity contribution in [2.75, 3.05) is 6.26 Å². The lowest BCUT2D eigenvalue weighted by Gasteiger charge is -2.28. The first-order valence-corrected chi connectivity index (χ1v) is 8.31. The number of hydrogen-bond acceptors (Lipinski definition) is 4. The monoisotopic (exact) mass is 326 g/mol. The highest BCUT2D eigenvalue weighted by Gasteiger charge is 2.38. The Morgan fingerprint density at radius 1 is 1.56 bits per heavy atom. The van der Waals surface area contributed by atoms with Crippen LogP contribution in [0.2, 0.25) is 0 Å². The van der Waals surface area contributed by atoms with Gasteiger partial charge in [0, 0.05) is 27.4 Å². The van der Waals surface area contributed by atoms with E-state index in [1.807, 2.05) is 11.4 Å². The summed E-state index contributed by atoms with van der Waals surface area (Å²) >= 11 is 4.83. The van der Waals surface area contributed by atoms with E-state index in [0.717, 1.165) is 15.6 Å². The Bertz CT molecular complexity index is 462. The van der Waals surface area contributed by atoms with Crippen LogP contribution in [0.5, 0.6) is 0 Å². The molecule has 1 heterocycles. The number of halogens is 1. The van der Waals surface area contributed by atoms with Crippen molar-refractivity contribution in [3.05, 3.63) is 20.8 Å². The molecule has 0 aromatic carbocycles. The molecule has 0 saturated heterocycles. The zero-order chi connectivity index (χ0) is 12.6. The van der Waals surface area contributed by atoms with E-state index in [4.69, 9.17) is 0 Å². The van der Waals surface area contributed by atoms with Gasteiger partial charge in [-0.3, -0.25) is 0 Å². The highest BCUT2D eigenvalue weighted by Crippen LogP contribution is 2.27. The number of thiophene rings is 1. The van der Waals surface area contributed by atoms with Crippen LogP contribution >= 0.6 is 27.3 Å². The summed E-state index contributed by atoms with van der Waals surface area (Å²) in [6, 6.07) is 1.90. The first-order chi connectivity index (χ1) is 7.14. The molecule has 3 nitrogen and oxygen atoms in total. The summed E-state index contributed by atoms with van der Waals surface area (Å²) in [7, 11) is -3.27. The Kier molecular flexibility index (Phi) is 4.21. The van der Waals surface area contributed by atoms with Crippen LogP contribution < -0.4 is 0 Å². The quantitative estimate of drug-likeness (QED) is 0.923. The van der Waals surface area contributed by atoms with Gasteiger partial charge in [0.05, 0.1) is 10.9 Å². The smallest absolute Gasteiger partial charge is 0.155 e. The molecule has 92 valence electrons. The van der Waals surface area contributed by atoms with Crippen LogP contribution in [-0.2, 0) is 16.3 Å². The maximum absolute atomic E-state index is 11.5. The molecule has 1 aromatic rings. The number of hydrogen-bond donors (Lipinski definition) is 1. The predicted molar refractivity (Wildman–Crippen MR) is 70.7 cm³/mol. The lowest BCUT2D eigenvalue weighted by Crippen LogP contribution is -2.44. The van der Waals surface area contributed by atoms with Crippen LogP contribution in [-0.4, -0.2) is 30.6 Å². The molecule has 0 spiro atoms. The Morgan fingerprint density at radius 2 is 2.12 bits per heavy atom. The third-order valence-electron chi connectivity index (χ3n) is 2.77. The number of sulfone groups is 1. The molecule has 0 bridgehead atoms. The summed E-state index contributed by atoms with van der Waals surface area (Å²) in [6.07, 6.45) is 0.615. The summed E-state index contributed by atoms with van der Waals surface area (Å²) in [5, 5.41) is 11.9. The molecule has 0 amide bonds. The molecule has 0 aliphatic rings. The third-order valence-corrected chi connectivity index (χ3v) is 6.68. The van der Waals surface area contributed by atoms with Gasteiger partial charge < -0.3 is 5.11 Å². The number of rotatable bonds is 4. The van der Waals surface area contributed by atoms with Crippen molar-refractivity contribution in [3.8, 4) is 0 Å². The summed E-state index contributed by atoms with van der Waals surface area (Å²) in [5.74, 6) is 0. The molecule has 1 atom stereocenters. The van der Waals surface area contributed by atoms with E-state index in [1.54, 1.807) is 13.8 Å². The summed E-state index contributed by atoms with van der Waals surface area (Å²) < 4.78 is 22.9. The van der Waals surface area contributed by atoms with Crippen LogP contribution in [0, 0.1) is 0 Å². The molecule has 0 radical (unpaired) electrons. The summed E-state index contributed by atoms with van der Waals surface area (Å²) in [5.41, 5.74) is 0. The Labute approximate surface area is 109 Å². The average Bonchev–Trinajstić information content (AvgIpc) is 2.49. The average molecular weight is 327 g/mol. The lowest BCUT2D eigenvalue weighted by atomic mass is 10.0. The van der Waals surface area contributed by atoms with E-state index in [2.05, 4.69) is 15.9 Å². The zero-order valence-electron chi connectivity index (χ0n) is 9.40. The van der Waals surface area contributed by atoms with Crippen molar-refractivity contribution < 1.29 is 13.5 Å². The second kappa shape index (κ2) is 4.76. The zero-order valence-corrected chi connectivity index (χ0v) is 12.6. The third kappa shape index (κ3) is 3.06. The van der Waals surface area contributed by atoms with Gasteiger partial charge in [-0.05, 0) is 35.8 Å². The topological polar surface area (TPSA) is 54.4 Å². The maximum Gasteiger partial charge on any atom is 0.155 e. The molecule has 0 saturated carbocycles. The number of aliphatic hydroxyl groups excluding tert-OH is 1. The van der Waals surface area contributed by atoms with Gasteiger partial charge in [-0.2, -0.15) is 0 Å². The van der Waals surface area contributed by atoms with Crippen molar-refractivity contribution in [2.24, 2.45) is 0 Å². The molecular formula is C10H15BrO3S2. The van der Waals surface area contributed by atoms with Gasteiger partial charge >= 0.3 is 0 Å². The SMILES string of the molecule is CC(C)(C(O)Cc1cc(Br)cs1)S(C)(=O)=O. The molecule has 0 fully saturated rings. The minimum absolute atomic E-state index is 0.357. The van der Waals surface area contributed by atoms with E-state index in [1.165, 1.54) is 11.3 Å². The summed E-state index contributed by atoms with van der Waals surface area (Å²) in [6.45, 7) is 3.10. The van der Waals surface area contributed by atoms with Crippen LogP contribution in [0.15, 0.2) is 15.9 Å². The van der Waals surface area contributed by atoms with E-state index in [0.29, 0.717) is 6.42 Å². The van der Waals surface area contributed by atoms with E-state index in [-0.39, 0.29) is 0 Å². The fraction of sp³-hybridized carbons (Fsp3) is 0.600. The molecule has 0 aliphatic heterocycles. The lowest BCUT2D eigenvalue weighted by molar-refractivity contribution is 0.138. The Morgan fingerprint density at radius 3 is 2.50 bits per heavy atom. The molecule has 1 unspecified atom stereocenters. The van der Waals surface area contributed by atoms with Crippen molar-refractivity contribution >= 4 is 37.1 Å². The van der Waals surface area contributed by atoms with Crippen molar-refractivity contribution in [3.63, 3.8) is 0 Å². The van der Waals surface area contributed by atoms with E-state index in [9.17, 15) is 13.5 Å². The first-order valence-electron chi connectivity index (χ1n) is 4.75. The first kappa shape index (κ1) is 14.2. The minimum atomic E-state index is -3.27. The standard InChI is InChI=1S/C10H15BrO3S2/c1-10(2,16(3,13)14)9(12)5-8-4-7(11)6-15-8/h4,6,9,12H,5H2,1-3H3. The molecule has 16 heavy (non-hydrogen) atoms. The molecule has 1 rings (SSSR count). The van der Waals surface area contributed by atoms with Crippen LogP contribution in [0.4, 0.5) is 0 Å². The highest BCUT2D eigenvalue weighted by atomic mass is 79.9. The Hall–Kier alpha value is 0.0900. The molecule has 0 aliphatic carbocycles. The fourth-order valence-corrected chi connectivity index (χ4v) is 3.21. The maximum atomic E-state index is 11.5. The van der Waals surface area contributed by atoms with E-state index >= 15 is 0 Å². The largest absolute Gasteiger partial charge is 0.391 e. The second-order valence-electron chi connectivity index (χ2n) is 4.33. The van der Waals surface area contributed by atoms with Gasteiger partial charge in [0.25, 0.3) is 0 Å². The summed E-state index contributed by atoms with van der Waals surface area (Å²) in [4.78, 5) is 0.969. The van der Waals surface area contributed by atoms with Crippen molar-refractivity contribution in [1.82, 2.24) is 0 Å². The van der Waals surface area contributed by atoms with Gasteiger partial charge in [-0.25, -0.2) is 8.42 Å². The van der Waals surface area contributed by atoms with Gasteiger partial charge in [-0.1, -0.05) is 0 Å². The van der Waals surface area contributed by atoms with Gasteiger partial charge in [0.2, 0.25) is 0 Å². The second-order valence-corrected chi connectivity index (χ2v) is 8.83. The highest BCUT2D eigenvalue weighted by molar-refractivity contribution is 9.10. The van der Waals surface area contributed by atoms with E-state index < -0.39 is 20.7 Å². The molecule has 1 aromatic heterocycles. The van der Waals surface area contributed by atoms with Gasteiger partial charge in [0.15, 0.2) is 9.84 Å². The van der Waals surface area contributed by atoms with Crippen LogP contribution in [0.1, 0.15) is 18.7 Å². The van der Waals surface area contributed by atoms with Crippen molar-refractivity contribution in [2.45, 2.75) is 31.1 Å².